The molecule has 0 aliphatic carbocycles. The van der Waals surface area contributed by atoms with E-state index in [9.17, 15) is 9.18 Å². The van der Waals surface area contributed by atoms with Gasteiger partial charge in [0.25, 0.3) is 5.56 Å². The molecular weight excluding hydrogens is 331 g/mol. The molecule has 1 saturated heterocycles. The minimum absolute atomic E-state index is 0.0220. The molecule has 0 bridgehead atoms. The van der Waals surface area contributed by atoms with Crippen molar-refractivity contribution in [3.8, 4) is 0 Å². The standard InChI is InChI=1S/C17H20ClFN4O/c1-12-3-4-15(19)14(17(12)18)11-23-16(24)9-13(10-20-23)22-7-5-21(2)6-8-22/h3-4,9-10H,5-8,11H2,1-2H3. The highest BCUT2D eigenvalue weighted by Crippen LogP contribution is 2.24. The van der Waals surface area contributed by atoms with Gasteiger partial charge in [-0.15, -0.1) is 0 Å². The van der Waals surface area contributed by atoms with Crippen LogP contribution < -0.4 is 10.5 Å². The lowest BCUT2D eigenvalue weighted by Crippen LogP contribution is -2.45. The van der Waals surface area contributed by atoms with E-state index < -0.39 is 5.82 Å². The van der Waals surface area contributed by atoms with Crippen molar-refractivity contribution < 1.29 is 4.39 Å². The van der Waals surface area contributed by atoms with E-state index in [0.717, 1.165) is 37.4 Å². The number of anilines is 1. The lowest BCUT2D eigenvalue weighted by molar-refractivity contribution is 0.312. The van der Waals surface area contributed by atoms with Crippen LogP contribution in [0.3, 0.4) is 0 Å². The van der Waals surface area contributed by atoms with Crippen molar-refractivity contribution in [2.45, 2.75) is 13.5 Å². The Morgan fingerprint density at radius 3 is 2.62 bits per heavy atom. The quantitative estimate of drug-likeness (QED) is 0.850. The average molecular weight is 351 g/mol. The summed E-state index contributed by atoms with van der Waals surface area (Å²) in [5.74, 6) is -0.428. The minimum atomic E-state index is -0.428. The van der Waals surface area contributed by atoms with E-state index >= 15 is 0 Å². The summed E-state index contributed by atoms with van der Waals surface area (Å²) in [5.41, 5.74) is 1.61. The van der Waals surface area contributed by atoms with E-state index in [1.165, 1.54) is 10.7 Å². The third kappa shape index (κ3) is 3.44. The summed E-state index contributed by atoms with van der Waals surface area (Å²) in [6, 6.07) is 4.54. The first-order valence-corrected chi connectivity index (χ1v) is 8.27. The number of rotatable bonds is 3. The highest BCUT2D eigenvalue weighted by atomic mass is 35.5. The summed E-state index contributed by atoms with van der Waals surface area (Å²) in [7, 11) is 2.08. The Kier molecular flexibility index (Phi) is 4.87. The van der Waals surface area contributed by atoms with Crippen molar-refractivity contribution in [1.82, 2.24) is 14.7 Å². The fraction of sp³-hybridized carbons (Fsp3) is 0.412. The van der Waals surface area contributed by atoms with Crippen LogP contribution in [0.1, 0.15) is 11.1 Å². The normalized spacial score (nSPS) is 15.8. The molecule has 0 saturated carbocycles. The van der Waals surface area contributed by atoms with Gasteiger partial charge in [-0.2, -0.15) is 5.10 Å². The zero-order valence-corrected chi connectivity index (χ0v) is 14.6. The molecule has 3 rings (SSSR count). The molecule has 1 aromatic heterocycles. The smallest absolute Gasteiger partial charge is 0.269 e. The second-order valence-corrected chi connectivity index (χ2v) is 6.53. The maximum absolute atomic E-state index is 14.0. The first-order chi connectivity index (χ1) is 11.5. The first kappa shape index (κ1) is 16.9. The number of likely N-dealkylation sites (N-methyl/N-ethyl adjacent to an activating group) is 1. The fourth-order valence-corrected chi connectivity index (χ4v) is 3.00. The van der Waals surface area contributed by atoms with Gasteiger partial charge in [-0.25, -0.2) is 9.07 Å². The summed E-state index contributed by atoms with van der Waals surface area (Å²) in [6.45, 7) is 5.45. The van der Waals surface area contributed by atoms with Crippen LogP contribution >= 0.6 is 11.6 Å². The van der Waals surface area contributed by atoms with E-state index in [1.807, 2.05) is 0 Å². The van der Waals surface area contributed by atoms with Gasteiger partial charge >= 0.3 is 0 Å². The van der Waals surface area contributed by atoms with Crippen LogP contribution in [0, 0.1) is 12.7 Å². The number of hydrogen-bond donors (Lipinski definition) is 0. The van der Waals surface area contributed by atoms with Gasteiger partial charge in [-0.1, -0.05) is 17.7 Å². The van der Waals surface area contributed by atoms with Gasteiger partial charge < -0.3 is 9.80 Å². The van der Waals surface area contributed by atoms with E-state index in [-0.39, 0.29) is 12.1 Å². The van der Waals surface area contributed by atoms with Crippen molar-refractivity contribution >= 4 is 17.3 Å². The lowest BCUT2D eigenvalue weighted by Gasteiger charge is -2.33. The maximum Gasteiger partial charge on any atom is 0.269 e. The predicted molar refractivity (Wildman–Crippen MR) is 93.5 cm³/mol. The van der Waals surface area contributed by atoms with Crippen LogP contribution in [0.5, 0.6) is 0 Å². The Morgan fingerprint density at radius 1 is 1.25 bits per heavy atom. The Morgan fingerprint density at radius 2 is 1.96 bits per heavy atom. The molecule has 0 spiro atoms. The molecule has 0 N–H and O–H groups in total. The molecule has 1 aromatic carbocycles. The van der Waals surface area contributed by atoms with Crippen LogP contribution in [0.4, 0.5) is 10.1 Å². The number of hydrogen-bond acceptors (Lipinski definition) is 4. The Balaban J connectivity index is 1.84. The molecule has 0 unspecified atom stereocenters. The maximum atomic E-state index is 14.0. The van der Waals surface area contributed by atoms with Gasteiger partial charge in [-0.05, 0) is 25.6 Å². The third-order valence-electron chi connectivity index (χ3n) is 4.41. The molecule has 2 heterocycles. The highest BCUT2D eigenvalue weighted by Gasteiger charge is 2.16. The zero-order valence-electron chi connectivity index (χ0n) is 13.8. The molecule has 0 amide bonds. The van der Waals surface area contributed by atoms with Crippen LogP contribution in [-0.4, -0.2) is 47.9 Å². The molecular formula is C17H20ClFN4O. The van der Waals surface area contributed by atoms with E-state index in [1.54, 1.807) is 25.3 Å². The Hall–Kier alpha value is -1.92. The van der Waals surface area contributed by atoms with E-state index in [2.05, 4.69) is 21.9 Å². The molecule has 1 aliphatic heterocycles. The predicted octanol–water partition coefficient (Wildman–Crippen LogP) is 2.14. The lowest BCUT2D eigenvalue weighted by atomic mass is 10.1. The average Bonchev–Trinajstić information content (AvgIpc) is 2.57. The van der Waals surface area contributed by atoms with Crippen molar-refractivity contribution in [3.63, 3.8) is 0 Å². The van der Waals surface area contributed by atoms with Crippen LogP contribution in [0.15, 0.2) is 29.2 Å². The topological polar surface area (TPSA) is 41.4 Å². The molecule has 2 aromatic rings. The molecule has 0 radical (unpaired) electrons. The van der Waals surface area contributed by atoms with Crippen LogP contribution in [-0.2, 0) is 6.54 Å². The third-order valence-corrected chi connectivity index (χ3v) is 4.94. The van der Waals surface area contributed by atoms with E-state index in [0.29, 0.717) is 10.6 Å². The highest BCUT2D eigenvalue weighted by molar-refractivity contribution is 6.32. The summed E-state index contributed by atoms with van der Waals surface area (Å²) in [4.78, 5) is 16.7. The van der Waals surface area contributed by atoms with Crippen molar-refractivity contribution in [2.75, 3.05) is 38.1 Å². The van der Waals surface area contributed by atoms with Crippen molar-refractivity contribution in [3.05, 3.63) is 56.7 Å². The monoisotopic (exact) mass is 350 g/mol. The summed E-state index contributed by atoms with van der Waals surface area (Å²) < 4.78 is 15.3. The van der Waals surface area contributed by atoms with Gasteiger partial charge in [0.05, 0.1) is 23.5 Å². The number of halogens is 2. The number of aryl methyl sites for hydroxylation is 1. The minimum Gasteiger partial charge on any atom is -0.368 e. The Labute approximate surface area is 145 Å². The number of piperazine rings is 1. The molecule has 24 heavy (non-hydrogen) atoms. The Bertz CT molecular complexity index is 800. The van der Waals surface area contributed by atoms with E-state index in [4.69, 9.17) is 11.6 Å². The number of nitrogens with zero attached hydrogens (tertiary/aromatic N) is 4. The molecule has 1 fully saturated rings. The van der Waals surface area contributed by atoms with Crippen molar-refractivity contribution in [1.29, 1.82) is 0 Å². The van der Waals surface area contributed by atoms with Crippen LogP contribution in [0.25, 0.3) is 0 Å². The molecule has 0 atom stereocenters. The number of benzene rings is 1. The first-order valence-electron chi connectivity index (χ1n) is 7.90. The molecule has 128 valence electrons. The zero-order chi connectivity index (χ0) is 17.3. The number of aromatic nitrogens is 2. The second-order valence-electron chi connectivity index (χ2n) is 6.16. The summed E-state index contributed by atoms with van der Waals surface area (Å²) in [6.07, 6.45) is 1.66. The molecule has 1 aliphatic rings. The van der Waals surface area contributed by atoms with Crippen molar-refractivity contribution in [2.24, 2.45) is 0 Å². The van der Waals surface area contributed by atoms with Gasteiger partial charge in [0.1, 0.15) is 5.82 Å². The molecule has 7 heteroatoms. The second kappa shape index (κ2) is 6.91. The summed E-state index contributed by atoms with van der Waals surface area (Å²) in [5, 5.41) is 4.54. The molecule has 5 nitrogen and oxygen atoms in total. The largest absolute Gasteiger partial charge is 0.368 e. The van der Waals surface area contributed by atoms with Gasteiger partial charge in [0.2, 0.25) is 0 Å². The van der Waals surface area contributed by atoms with Gasteiger partial charge in [-0.3, -0.25) is 4.79 Å². The fourth-order valence-electron chi connectivity index (χ4n) is 2.79. The summed E-state index contributed by atoms with van der Waals surface area (Å²) >= 11 is 6.17. The van der Waals surface area contributed by atoms with Gasteiger partial charge in [0, 0.05) is 37.8 Å². The van der Waals surface area contributed by atoms with Crippen LogP contribution in [0.2, 0.25) is 5.02 Å². The SMILES string of the molecule is Cc1ccc(F)c(Cn2ncc(N3CCN(C)CC3)cc2=O)c1Cl. The van der Waals surface area contributed by atoms with Gasteiger partial charge in [0.15, 0.2) is 0 Å².